The molecule has 3 N–H and O–H groups in total. The van der Waals surface area contributed by atoms with Gasteiger partial charge < -0.3 is 16.0 Å². The number of para-hydroxylation sites is 1. The number of anilines is 1. The number of carbonyl (C=O) groups is 1. The standard InChI is InChI=1S/C17H27N3O/c1-3-17(2,13-18)16(21)19-10-6-11-20-12-9-14-7-4-5-8-15(14)20/h4-5,7-8H,3,6,9-13,18H2,1-2H3,(H,19,21). The molecule has 116 valence electrons. The van der Waals surface area contributed by atoms with E-state index in [1.807, 2.05) is 13.8 Å². The molecule has 1 amide bonds. The Bertz CT molecular complexity index is 483. The van der Waals surface area contributed by atoms with Gasteiger partial charge in [-0.25, -0.2) is 0 Å². The molecule has 0 fully saturated rings. The van der Waals surface area contributed by atoms with Crippen LogP contribution in [0.1, 0.15) is 32.3 Å². The maximum atomic E-state index is 12.1. The Balaban J connectivity index is 1.75. The van der Waals surface area contributed by atoms with Gasteiger partial charge in [0.05, 0.1) is 5.41 Å². The van der Waals surface area contributed by atoms with E-state index >= 15 is 0 Å². The third kappa shape index (κ3) is 3.56. The average molecular weight is 289 g/mol. The van der Waals surface area contributed by atoms with Gasteiger partial charge in [0.2, 0.25) is 5.91 Å². The molecule has 4 heteroatoms. The second kappa shape index (κ2) is 6.94. The van der Waals surface area contributed by atoms with Crippen molar-refractivity contribution in [3.05, 3.63) is 29.8 Å². The van der Waals surface area contributed by atoms with E-state index in [2.05, 4.69) is 34.5 Å². The molecule has 1 heterocycles. The molecule has 0 aromatic heterocycles. The molecule has 1 atom stereocenters. The van der Waals surface area contributed by atoms with Crippen molar-refractivity contribution >= 4 is 11.6 Å². The van der Waals surface area contributed by atoms with E-state index < -0.39 is 5.41 Å². The summed E-state index contributed by atoms with van der Waals surface area (Å²) in [6.45, 7) is 7.13. The van der Waals surface area contributed by atoms with Gasteiger partial charge >= 0.3 is 0 Å². The molecule has 21 heavy (non-hydrogen) atoms. The third-order valence-corrected chi connectivity index (χ3v) is 4.65. The third-order valence-electron chi connectivity index (χ3n) is 4.65. The van der Waals surface area contributed by atoms with Crippen LogP contribution in [0.5, 0.6) is 0 Å². The van der Waals surface area contributed by atoms with Crippen LogP contribution in [-0.4, -0.2) is 32.1 Å². The van der Waals surface area contributed by atoms with Crippen LogP contribution in [0.2, 0.25) is 0 Å². The van der Waals surface area contributed by atoms with Crippen molar-refractivity contribution in [3.63, 3.8) is 0 Å². The second-order valence-electron chi connectivity index (χ2n) is 6.09. The highest BCUT2D eigenvalue weighted by molar-refractivity contribution is 5.82. The Hall–Kier alpha value is -1.55. The molecule has 1 aliphatic rings. The Morgan fingerprint density at radius 3 is 2.90 bits per heavy atom. The second-order valence-corrected chi connectivity index (χ2v) is 6.09. The summed E-state index contributed by atoms with van der Waals surface area (Å²) < 4.78 is 0. The van der Waals surface area contributed by atoms with E-state index in [4.69, 9.17) is 5.73 Å². The van der Waals surface area contributed by atoms with Gasteiger partial charge in [-0.2, -0.15) is 0 Å². The highest BCUT2D eigenvalue weighted by atomic mass is 16.2. The predicted molar refractivity (Wildman–Crippen MR) is 87.4 cm³/mol. The molecule has 0 aliphatic carbocycles. The average Bonchev–Trinajstić information content (AvgIpc) is 2.93. The Kier molecular flexibility index (Phi) is 5.23. The van der Waals surface area contributed by atoms with Crippen LogP contribution < -0.4 is 16.0 Å². The highest BCUT2D eigenvalue weighted by Crippen LogP contribution is 2.27. The number of nitrogens with one attached hydrogen (secondary N) is 1. The van der Waals surface area contributed by atoms with Gasteiger partial charge in [0.15, 0.2) is 0 Å². The van der Waals surface area contributed by atoms with Crippen molar-refractivity contribution in [1.82, 2.24) is 5.32 Å². The molecule has 2 rings (SSSR count). The number of amides is 1. The summed E-state index contributed by atoms with van der Waals surface area (Å²) in [5.74, 6) is 0.0781. The molecule has 0 bridgehead atoms. The molecule has 0 saturated carbocycles. The molecule has 1 aromatic rings. The number of fused-ring (bicyclic) bond motifs is 1. The van der Waals surface area contributed by atoms with Crippen LogP contribution in [0.4, 0.5) is 5.69 Å². The van der Waals surface area contributed by atoms with Gasteiger partial charge in [-0.05, 0) is 37.8 Å². The fourth-order valence-corrected chi connectivity index (χ4v) is 2.72. The first kappa shape index (κ1) is 15.8. The van der Waals surface area contributed by atoms with E-state index in [0.717, 1.165) is 32.4 Å². The minimum Gasteiger partial charge on any atom is -0.371 e. The molecule has 0 radical (unpaired) electrons. The molecule has 0 saturated heterocycles. The van der Waals surface area contributed by atoms with E-state index in [0.29, 0.717) is 13.1 Å². The predicted octanol–water partition coefficient (Wildman–Crippen LogP) is 1.93. The number of carbonyl (C=O) groups excluding carboxylic acids is 1. The molecule has 1 aliphatic heterocycles. The fraction of sp³-hybridized carbons (Fsp3) is 0.588. The normalized spacial score (nSPS) is 16.4. The van der Waals surface area contributed by atoms with Crippen molar-refractivity contribution in [2.45, 2.75) is 33.1 Å². The van der Waals surface area contributed by atoms with E-state index in [9.17, 15) is 4.79 Å². The van der Waals surface area contributed by atoms with E-state index in [1.165, 1.54) is 11.3 Å². The maximum Gasteiger partial charge on any atom is 0.227 e. The molecular weight excluding hydrogens is 262 g/mol. The van der Waals surface area contributed by atoms with Crippen LogP contribution in [0.15, 0.2) is 24.3 Å². The minimum atomic E-state index is -0.430. The summed E-state index contributed by atoms with van der Waals surface area (Å²) in [7, 11) is 0. The van der Waals surface area contributed by atoms with Crippen LogP contribution in [0.3, 0.4) is 0 Å². The molecule has 4 nitrogen and oxygen atoms in total. The summed E-state index contributed by atoms with van der Waals surface area (Å²) in [6.07, 6.45) is 2.86. The lowest BCUT2D eigenvalue weighted by Gasteiger charge is -2.25. The quantitative estimate of drug-likeness (QED) is 0.754. The highest BCUT2D eigenvalue weighted by Gasteiger charge is 2.29. The molecule has 1 unspecified atom stereocenters. The summed E-state index contributed by atoms with van der Waals surface area (Å²) in [5, 5.41) is 3.03. The summed E-state index contributed by atoms with van der Waals surface area (Å²) in [5.41, 5.74) is 8.06. The number of nitrogens with zero attached hydrogens (tertiary/aromatic N) is 1. The molecule has 1 aromatic carbocycles. The largest absolute Gasteiger partial charge is 0.371 e. The van der Waals surface area contributed by atoms with Crippen molar-refractivity contribution < 1.29 is 4.79 Å². The summed E-state index contributed by atoms with van der Waals surface area (Å²) in [4.78, 5) is 14.5. The zero-order chi connectivity index (χ0) is 15.3. The zero-order valence-corrected chi connectivity index (χ0v) is 13.2. The van der Waals surface area contributed by atoms with Gasteiger partial charge in [-0.1, -0.05) is 25.1 Å². The maximum absolute atomic E-state index is 12.1. The zero-order valence-electron chi connectivity index (χ0n) is 13.2. The van der Waals surface area contributed by atoms with E-state index in [-0.39, 0.29) is 5.91 Å². The first-order valence-corrected chi connectivity index (χ1v) is 7.92. The topological polar surface area (TPSA) is 58.4 Å². The Labute approximate surface area is 127 Å². The van der Waals surface area contributed by atoms with Gasteiger partial charge in [0.1, 0.15) is 0 Å². The number of hydrogen-bond acceptors (Lipinski definition) is 3. The number of hydrogen-bond donors (Lipinski definition) is 2. The molecule has 0 spiro atoms. The SMILES string of the molecule is CCC(C)(CN)C(=O)NCCCN1CCc2ccccc21. The monoisotopic (exact) mass is 289 g/mol. The van der Waals surface area contributed by atoms with Crippen molar-refractivity contribution in [2.24, 2.45) is 11.1 Å². The van der Waals surface area contributed by atoms with Crippen LogP contribution in [0.25, 0.3) is 0 Å². The van der Waals surface area contributed by atoms with Gasteiger partial charge in [-0.15, -0.1) is 0 Å². The summed E-state index contributed by atoms with van der Waals surface area (Å²) in [6, 6.07) is 8.57. The van der Waals surface area contributed by atoms with Crippen molar-refractivity contribution in [1.29, 1.82) is 0 Å². The number of rotatable bonds is 7. The Morgan fingerprint density at radius 1 is 1.43 bits per heavy atom. The van der Waals surface area contributed by atoms with Crippen molar-refractivity contribution in [2.75, 3.05) is 31.1 Å². The lowest BCUT2D eigenvalue weighted by Crippen LogP contribution is -2.44. The van der Waals surface area contributed by atoms with Crippen LogP contribution in [-0.2, 0) is 11.2 Å². The van der Waals surface area contributed by atoms with Gasteiger partial charge in [-0.3, -0.25) is 4.79 Å². The smallest absolute Gasteiger partial charge is 0.227 e. The lowest BCUT2D eigenvalue weighted by molar-refractivity contribution is -0.129. The Morgan fingerprint density at radius 2 is 2.19 bits per heavy atom. The molecular formula is C17H27N3O. The first-order chi connectivity index (χ1) is 10.1. The number of nitrogens with two attached hydrogens (primary N) is 1. The van der Waals surface area contributed by atoms with Crippen LogP contribution >= 0.6 is 0 Å². The van der Waals surface area contributed by atoms with Crippen molar-refractivity contribution in [3.8, 4) is 0 Å². The van der Waals surface area contributed by atoms with Crippen LogP contribution in [0, 0.1) is 5.41 Å². The van der Waals surface area contributed by atoms with E-state index in [1.54, 1.807) is 0 Å². The summed E-state index contributed by atoms with van der Waals surface area (Å²) >= 11 is 0. The first-order valence-electron chi connectivity index (χ1n) is 7.92. The fourth-order valence-electron chi connectivity index (χ4n) is 2.72. The number of benzene rings is 1. The lowest BCUT2D eigenvalue weighted by atomic mass is 9.87. The minimum absolute atomic E-state index is 0.0781. The van der Waals surface area contributed by atoms with Gasteiger partial charge in [0, 0.05) is 31.9 Å². The van der Waals surface area contributed by atoms with Gasteiger partial charge in [0.25, 0.3) is 0 Å².